The molecule has 3 aromatic rings. The Morgan fingerprint density at radius 1 is 1.09 bits per heavy atom. The fourth-order valence-corrected chi connectivity index (χ4v) is 4.79. The van der Waals surface area contributed by atoms with Gasteiger partial charge >= 0.3 is 0 Å². The van der Waals surface area contributed by atoms with Crippen LogP contribution in [0.25, 0.3) is 11.4 Å². The second kappa shape index (κ2) is 8.06. The molecule has 1 fully saturated rings. The minimum atomic E-state index is -1.24. The van der Waals surface area contributed by atoms with Gasteiger partial charge in [0, 0.05) is 42.0 Å². The molecule has 1 aromatic carbocycles. The number of aromatic nitrogens is 3. The number of pyridine rings is 1. The van der Waals surface area contributed by atoms with Crippen LogP contribution in [0.5, 0.6) is 0 Å². The molecular weight excluding hydrogens is 404 g/mol. The van der Waals surface area contributed by atoms with Crippen LogP contribution in [0.4, 0.5) is 0 Å². The predicted octanol–water partition coefficient (Wildman–Crippen LogP) is 3.50. The van der Waals surface area contributed by atoms with Gasteiger partial charge in [-0.05, 0) is 44.5 Å². The number of aryl methyl sites for hydroxylation is 1. The zero-order valence-electron chi connectivity index (χ0n) is 19.5. The molecule has 0 bridgehead atoms. The first-order valence-corrected chi connectivity index (χ1v) is 11.1. The van der Waals surface area contributed by atoms with Crippen LogP contribution in [-0.2, 0) is 17.6 Å². The first-order valence-electron chi connectivity index (χ1n) is 11.1. The van der Waals surface area contributed by atoms with E-state index in [4.69, 9.17) is 4.52 Å². The molecule has 0 amide bonds. The first kappa shape index (κ1) is 22.6. The Balaban J connectivity index is 1.79. The van der Waals surface area contributed by atoms with E-state index in [-0.39, 0.29) is 11.3 Å². The molecular formula is C25H32N4O3. The van der Waals surface area contributed by atoms with Crippen LogP contribution in [0.3, 0.4) is 0 Å². The molecule has 2 aromatic heterocycles. The first-order chi connectivity index (χ1) is 15.1. The predicted molar refractivity (Wildman–Crippen MR) is 122 cm³/mol. The fraction of sp³-hybridized carbons (Fsp3) is 0.480. The molecule has 1 saturated heterocycles. The smallest absolute Gasteiger partial charge is 0.258 e. The van der Waals surface area contributed by atoms with Crippen LogP contribution in [0.15, 0.2) is 47.2 Å². The molecule has 4 rings (SSSR count). The van der Waals surface area contributed by atoms with Crippen LogP contribution < -0.4 is 0 Å². The van der Waals surface area contributed by atoms with E-state index < -0.39 is 11.2 Å². The summed E-state index contributed by atoms with van der Waals surface area (Å²) in [5, 5.41) is 26.5. The minimum Gasteiger partial charge on any atom is -0.381 e. The van der Waals surface area contributed by atoms with E-state index in [1.165, 1.54) is 5.56 Å². The fourth-order valence-electron chi connectivity index (χ4n) is 4.79. The highest BCUT2D eigenvalue weighted by Crippen LogP contribution is 2.50. The lowest BCUT2D eigenvalue weighted by Gasteiger charge is -2.55. The minimum absolute atomic E-state index is 0.132. The highest BCUT2D eigenvalue weighted by molar-refractivity contribution is 5.56. The van der Waals surface area contributed by atoms with Crippen molar-refractivity contribution >= 4 is 0 Å². The van der Waals surface area contributed by atoms with Gasteiger partial charge in [-0.1, -0.05) is 49.7 Å². The number of likely N-dealkylation sites (tertiary alicyclic amines) is 1. The van der Waals surface area contributed by atoms with E-state index in [1.54, 1.807) is 26.2 Å². The quantitative estimate of drug-likeness (QED) is 0.585. The van der Waals surface area contributed by atoms with E-state index in [9.17, 15) is 10.2 Å². The van der Waals surface area contributed by atoms with Crippen molar-refractivity contribution in [3.05, 3.63) is 65.3 Å². The summed E-state index contributed by atoms with van der Waals surface area (Å²) in [5.74, 6) is 0.459. The van der Waals surface area contributed by atoms with E-state index in [0.29, 0.717) is 17.0 Å². The van der Waals surface area contributed by atoms with E-state index in [0.717, 1.165) is 31.5 Å². The molecule has 0 aliphatic carbocycles. The molecule has 1 atom stereocenters. The van der Waals surface area contributed by atoms with E-state index in [1.807, 2.05) is 18.2 Å². The van der Waals surface area contributed by atoms with Crippen LogP contribution in [-0.4, -0.2) is 50.4 Å². The summed E-state index contributed by atoms with van der Waals surface area (Å²) in [5.41, 5.74) is 0.549. The van der Waals surface area contributed by atoms with Gasteiger partial charge in [-0.3, -0.25) is 4.98 Å². The van der Waals surface area contributed by atoms with Gasteiger partial charge in [0.1, 0.15) is 11.2 Å². The number of hydrogen-bond donors (Lipinski definition) is 2. The normalized spacial score (nSPS) is 18.2. The number of hydrogen-bond acceptors (Lipinski definition) is 7. The van der Waals surface area contributed by atoms with Crippen molar-refractivity contribution in [3.8, 4) is 11.4 Å². The lowest BCUT2D eigenvalue weighted by atomic mass is 9.62. The van der Waals surface area contributed by atoms with Crippen LogP contribution >= 0.6 is 0 Å². The Bertz CT molecular complexity index is 1080. The zero-order valence-corrected chi connectivity index (χ0v) is 19.5. The third-order valence-electron chi connectivity index (χ3n) is 6.39. The Morgan fingerprint density at radius 2 is 1.78 bits per heavy atom. The highest BCUT2D eigenvalue weighted by Gasteiger charge is 2.55. The summed E-state index contributed by atoms with van der Waals surface area (Å²) in [4.78, 5) is 10.9. The maximum atomic E-state index is 12.3. The number of benzene rings is 1. The number of aliphatic hydroxyl groups is 2. The van der Waals surface area contributed by atoms with Crippen LogP contribution in [0.2, 0.25) is 0 Å². The van der Waals surface area contributed by atoms with Crippen molar-refractivity contribution < 1.29 is 14.7 Å². The van der Waals surface area contributed by atoms with Crippen LogP contribution in [0.1, 0.15) is 56.7 Å². The molecule has 7 nitrogen and oxygen atoms in total. The maximum absolute atomic E-state index is 12.3. The summed E-state index contributed by atoms with van der Waals surface area (Å²) in [7, 11) is 2.05. The van der Waals surface area contributed by atoms with Crippen molar-refractivity contribution in [2.45, 2.75) is 51.7 Å². The molecule has 32 heavy (non-hydrogen) atoms. The SMILES string of the molecule is CCCc1ccc(C(O)(c2cncc(-c3noc(C(C)(C)O)n3)c2)C2(C)CN(C)C2)cc1. The Morgan fingerprint density at radius 3 is 2.34 bits per heavy atom. The molecule has 2 N–H and O–H groups in total. The summed E-state index contributed by atoms with van der Waals surface area (Å²) in [6, 6.07) is 10.1. The molecule has 0 saturated carbocycles. The highest BCUT2D eigenvalue weighted by atomic mass is 16.5. The van der Waals surface area contributed by atoms with E-state index >= 15 is 0 Å². The van der Waals surface area contributed by atoms with Crippen molar-refractivity contribution in [1.82, 2.24) is 20.0 Å². The lowest BCUT2D eigenvalue weighted by Crippen LogP contribution is -2.63. The summed E-state index contributed by atoms with van der Waals surface area (Å²) < 4.78 is 5.24. The second-order valence-corrected chi connectivity index (χ2v) is 9.83. The zero-order chi connectivity index (χ0) is 23.1. The van der Waals surface area contributed by atoms with Gasteiger partial charge in [0.15, 0.2) is 0 Å². The molecule has 1 unspecified atom stereocenters. The molecule has 7 heteroatoms. The van der Waals surface area contributed by atoms with E-state index in [2.05, 4.69) is 53.1 Å². The second-order valence-electron chi connectivity index (χ2n) is 9.83. The summed E-state index contributed by atoms with van der Waals surface area (Å²) in [6.07, 6.45) is 5.44. The molecule has 3 heterocycles. The van der Waals surface area contributed by atoms with Gasteiger partial charge in [0.05, 0.1) is 0 Å². The maximum Gasteiger partial charge on any atom is 0.258 e. The van der Waals surface area contributed by atoms with Gasteiger partial charge in [-0.2, -0.15) is 4.98 Å². The molecule has 1 aliphatic rings. The molecule has 0 radical (unpaired) electrons. The van der Waals surface area contributed by atoms with Crippen molar-refractivity contribution in [3.63, 3.8) is 0 Å². The number of nitrogens with zero attached hydrogens (tertiary/aromatic N) is 4. The third-order valence-corrected chi connectivity index (χ3v) is 6.39. The van der Waals surface area contributed by atoms with Crippen LogP contribution in [0, 0.1) is 5.41 Å². The van der Waals surface area contributed by atoms with Crippen molar-refractivity contribution in [2.24, 2.45) is 5.41 Å². The Kier molecular flexibility index (Phi) is 5.69. The average molecular weight is 437 g/mol. The standard InChI is InChI=1S/C25H32N4O3/c1-6-7-17-8-10-19(11-9-17)25(31,24(4)15-29(5)16-24)20-12-18(13-26-14-20)21-27-22(32-28-21)23(2,3)30/h8-14,30-31H,6-7,15-16H2,1-5H3. The number of rotatable bonds is 7. The van der Waals surface area contributed by atoms with Gasteiger partial charge in [0.25, 0.3) is 5.89 Å². The Hall–Kier alpha value is -2.61. The summed E-state index contributed by atoms with van der Waals surface area (Å²) in [6.45, 7) is 8.97. The van der Waals surface area contributed by atoms with Gasteiger partial charge in [-0.25, -0.2) is 0 Å². The monoisotopic (exact) mass is 436 g/mol. The van der Waals surface area contributed by atoms with Crippen molar-refractivity contribution in [1.29, 1.82) is 0 Å². The molecule has 170 valence electrons. The van der Waals surface area contributed by atoms with Gasteiger partial charge in [0.2, 0.25) is 5.82 Å². The van der Waals surface area contributed by atoms with Gasteiger partial charge < -0.3 is 19.6 Å². The molecule has 1 aliphatic heterocycles. The molecule has 0 spiro atoms. The van der Waals surface area contributed by atoms with Gasteiger partial charge in [-0.15, -0.1) is 0 Å². The topological polar surface area (TPSA) is 95.5 Å². The third kappa shape index (κ3) is 3.85. The van der Waals surface area contributed by atoms with Crippen molar-refractivity contribution in [2.75, 3.05) is 20.1 Å². The lowest BCUT2D eigenvalue weighted by molar-refractivity contribution is -0.127. The average Bonchev–Trinajstić information content (AvgIpc) is 3.24. The Labute approximate surface area is 189 Å². The summed E-state index contributed by atoms with van der Waals surface area (Å²) >= 11 is 0. The largest absolute Gasteiger partial charge is 0.381 e.